The van der Waals surface area contributed by atoms with E-state index < -0.39 is 6.10 Å². The van der Waals surface area contributed by atoms with Crippen molar-refractivity contribution >= 4 is 11.8 Å². The molecule has 6 nitrogen and oxygen atoms in total. The third kappa shape index (κ3) is 3.33. The molecule has 0 bridgehead atoms. The number of hydrogen-bond donors (Lipinski definition) is 3. The van der Waals surface area contributed by atoms with Crippen molar-refractivity contribution in [3.8, 4) is 11.3 Å². The van der Waals surface area contributed by atoms with Crippen LogP contribution in [0.4, 0.5) is 0 Å². The highest BCUT2D eigenvalue weighted by atomic mass is 16.3. The predicted molar refractivity (Wildman–Crippen MR) is 90.3 cm³/mol. The van der Waals surface area contributed by atoms with Gasteiger partial charge in [0.15, 0.2) is 0 Å². The zero-order valence-corrected chi connectivity index (χ0v) is 13.5. The van der Waals surface area contributed by atoms with Crippen LogP contribution in [0.25, 0.3) is 11.3 Å². The van der Waals surface area contributed by atoms with Crippen LogP contribution in [-0.2, 0) is 4.79 Å². The smallest absolute Gasteiger partial charge is 0.255 e. The summed E-state index contributed by atoms with van der Waals surface area (Å²) in [6.45, 7) is 0.644. The minimum absolute atomic E-state index is 0.124. The Morgan fingerprint density at radius 3 is 2.75 bits per heavy atom. The van der Waals surface area contributed by atoms with E-state index in [1.807, 2.05) is 36.4 Å². The van der Waals surface area contributed by atoms with E-state index >= 15 is 0 Å². The summed E-state index contributed by atoms with van der Waals surface area (Å²) in [7, 11) is 1.57. The number of aromatic amines is 1. The lowest BCUT2D eigenvalue weighted by molar-refractivity contribution is -0.122. The molecule has 0 radical (unpaired) electrons. The Balaban J connectivity index is 1.69. The van der Waals surface area contributed by atoms with Crippen LogP contribution in [0.5, 0.6) is 0 Å². The summed E-state index contributed by atoms with van der Waals surface area (Å²) in [5.74, 6) is -0.477. The second kappa shape index (κ2) is 6.88. The summed E-state index contributed by atoms with van der Waals surface area (Å²) >= 11 is 0. The number of H-pyrrole nitrogens is 1. The lowest BCUT2D eigenvalue weighted by atomic mass is 10.0. The molecular weight excluding hydrogens is 306 g/mol. The summed E-state index contributed by atoms with van der Waals surface area (Å²) in [5.41, 5.74) is 2.44. The number of likely N-dealkylation sites (tertiary alicyclic amines) is 1. The first-order valence-corrected chi connectivity index (χ1v) is 8.00. The number of aliphatic hydroxyl groups is 1. The SMILES string of the molecule is CNC(=O)C[C@@H]1CN(C(=O)c2c[nH]c(-c3ccccc3)c2)C[C@H]1O. The molecule has 3 N–H and O–H groups in total. The van der Waals surface area contributed by atoms with Gasteiger partial charge < -0.3 is 20.3 Å². The van der Waals surface area contributed by atoms with Crippen LogP contribution in [-0.4, -0.2) is 53.0 Å². The number of aliphatic hydroxyl groups excluding tert-OH is 1. The topological polar surface area (TPSA) is 85.4 Å². The average molecular weight is 327 g/mol. The quantitative estimate of drug-likeness (QED) is 0.790. The number of hydrogen-bond acceptors (Lipinski definition) is 3. The van der Waals surface area contributed by atoms with E-state index in [0.717, 1.165) is 11.3 Å². The van der Waals surface area contributed by atoms with Crippen LogP contribution in [0.2, 0.25) is 0 Å². The lowest BCUT2D eigenvalue weighted by Crippen LogP contribution is -2.29. The van der Waals surface area contributed by atoms with Gasteiger partial charge in [0.1, 0.15) is 0 Å². The van der Waals surface area contributed by atoms with E-state index in [9.17, 15) is 14.7 Å². The maximum atomic E-state index is 12.6. The molecule has 0 aliphatic carbocycles. The first kappa shape index (κ1) is 16.3. The molecule has 6 heteroatoms. The van der Waals surface area contributed by atoms with Gasteiger partial charge in [-0.15, -0.1) is 0 Å². The highest BCUT2D eigenvalue weighted by molar-refractivity contribution is 5.95. The number of nitrogens with one attached hydrogen (secondary N) is 2. The molecule has 0 saturated carbocycles. The fraction of sp³-hybridized carbons (Fsp3) is 0.333. The Kier molecular flexibility index (Phi) is 4.66. The van der Waals surface area contributed by atoms with Crippen molar-refractivity contribution < 1.29 is 14.7 Å². The molecule has 1 aromatic carbocycles. The van der Waals surface area contributed by atoms with E-state index in [0.29, 0.717) is 12.1 Å². The van der Waals surface area contributed by atoms with Crippen LogP contribution in [0, 0.1) is 5.92 Å². The van der Waals surface area contributed by atoms with Crippen molar-refractivity contribution in [3.63, 3.8) is 0 Å². The first-order chi connectivity index (χ1) is 11.6. The number of β-amino-alcohol motifs (C(OH)–C–C–N with tert-alkyl or cyclic N) is 1. The normalized spacial score (nSPS) is 20.2. The molecule has 2 aromatic rings. The van der Waals surface area contributed by atoms with Crippen LogP contribution in [0.15, 0.2) is 42.6 Å². The Morgan fingerprint density at radius 1 is 1.29 bits per heavy atom. The molecule has 0 unspecified atom stereocenters. The van der Waals surface area contributed by atoms with E-state index in [1.165, 1.54) is 0 Å². The zero-order chi connectivity index (χ0) is 17.1. The molecule has 2 heterocycles. The highest BCUT2D eigenvalue weighted by Crippen LogP contribution is 2.24. The zero-order valence-electron chi connectivity index (χ0n) is 13.5. The molecule has 0 spiro atoms. The van der Waals surface area contributed by atoms with Crippen molar-refractivity contribution in [2.75, 3.05) is 20.1 Å². The van der Waals surface area contributed by atoms with Gasteiger partial charge in [-0.3, -0.25) is 9.59 Å². The highest BCUT2D eigenvalue weighted by Gasteiger charge is 2.35. The molecule has 2 amide bonds. The molecular formula is C18H21N3O3. The fourth-order valence-electron chi connectivity index (χ4n) is 3.05. The van der Waals surface area contributed by atoms with Crippen LogP contribution in [0.1, 0.15) is 16.8 Å². The van der Waals surface area contributed by atoms with Gasteiger partial charge >= 0.3 is 0 Å². The largest absolute Gasteiger partial charge is 0.391 e. The third-order valence-electron chi connectivity index (χ3n) is 4.43. The molecule has 126 valence electrons. The molecule has 1 aliphatic heterocycles. The minimum Gasteiger partial charge on any atom is -0.391 e. The number of amides is 2. The van der Waals surface area contributed by atoms with Crippen LogP contribution >= 0.6 is 0 Å². The standard InChI is InChI=1S/C18H21N3O3/c1-19-17(23)8-14-10-21(11-16(14)22)18(24)13-7-15(20-9-13)12-5-3-2-4-6-12/h2-7,9,14,16,20,22H,8,10-11H2,1H3,(H,19,23)/t14-,16-/m1/s1. The van der Waals surface area contributed by atoms with Gasteiger partial charge in [-0.25, -0.2) is 0 Å². The van der Waals surface area contributed by atoms with Gasteiger partial charge in [-0.1, -0.05) is 30.3 Å². The molecule has 1 saturated heterocycles. The van der Waals surface area contributed by atoms with Crippen molar-refractivity contribution in [1.29, 1.82) is 0 Å². The number of benzene rings is 1. The van der Waals surface area contributed by atoms with Gasteiger partial charge in [-0.05, 0) is 11.6 Å². The van der Waals surface area contributed by atoms with E-state index in [4.69, 9.17) is 0 Å². The van der Waals surface area contributed by atoms with Crippen molar-refractivity contribution in [2.45, 2.75) is 12.5 Å². The van der Waals surface area contributed by atoms with Gasteiger partial charge in [-0.2, -0.15) is 0 Å². The molecule has 24 heavy (non-hydrogen) atoms. The van der Waals surface area contributed by atoms with Crippen molar-refractivity contribution in [1.82, 2.24) is 15.2 Å². The monoisotopic (exact) mass is 327 g/mol. The minimum atomic E-state index is -0.668. The van der Waals surface area contributed by atoms with Crippen molar-refractivity contribution in [3.05, 3.63) is 48.2 Å². The van der Waals surface area contributed by atoms with Gasteiger partial charge in [0.25, 0.3) is 5.91 Å². The number of rotatable bonds is 4. The second-order valence-electron chi connectivity index (χ2n) is 6.08. The Hall–Kier alpha value is -2.60. The molecule has 3 rings (SSSR count). The summed E-state index contributed by atoms with van der Waals surface area (Å²) in [4.78, 5) is 28.8. The number of aromatic nitrogens is 1. The second-order valence-corrected chi connectivity index (χ2v) is 6.08. The maximum Gasteiger partial charge on any atom is 0.255 e. The molecule has 1 aromatic heterocycles. The Bertz CT molecular complexity index is 726. The Labute approximate surface area is 140 Å². The van der Waals surface area contributed by atoms with Crippen LogP contribution < -0.4 is 5.32 Å². The van der Waals surface area contributed by atoms with Crippen molar-refractivity contribution in [2.24, 2.45) is 5.92 Å². The summed E-state index contributed by atoms with van der Waals surface area (Å²) in [6, 6.07) is 11.6. The maximum absolute atomic E-state index is 12.6. The summed E-state index contributed by atoms with van der Waals surface area (Å²) in [5, 5.41) is 12.7. The average Bonchev–Trinajstić information content (AvgIpc) is 3.23. The number of carbonyl (C=O) groups is 2. The molecule has 2 atom stereocenters. The summed E-state index contributed by atoms with van der Waals surface area (Å²) in [6.07, 6.45) is 1.24. The van der Waals surface area contributed by atoms with E-state index in [-0.39, 0.29) is 30.7 Å². The van der Waals surface area contributed by atoms with E-state index in [1.54, 1.807) is 18.1 Å². The fourth-order valence-corrected chi connectivity index (χ4v) is 3.05. The van der Waals surface area contributed by atoms with E-state index in [2.05, 4.69) is 10.3 Å². The Morgan fingerprint density at radius 2 is 2.04 bits per heavy atom. The van der Waals surface area contributed by atoms with Gasteiger partial charge in [0, 0.05) is 44.4 Å². The predicted octanol–water partition coefficient (Wildman–Crippen LogP) is 1.25. The van der Waals surface area contributed by atoms with Crippen LogP contribution in [0.3, 0.4) is 0 Å². The third-order valence-corrected chi connectivity index (χ3v) is 4.43. The summed E-state index contributed by atoms with van der Waals surface area (Å²) < 4.78 is 0. The van der Waals surface area contributed by atoms with Gasteiger partial charge in [0.2, 0.25) is 5.91 Å². The lowest BCUT2D eigenvalue weighted by Gasteiger charge is -2.15. The first-order valence-electron chi connectivity index (χ1n) is 8.00. The molecule has 1 fully saturated rings. The van der Waals surface area contributed by atoms with Gasteiger partial charge in [0.05, 0.1) is 11.7 Å². The number of carbonyl (C=O) groups excluding carboxylic acids is 2. The molecule has 1 aliphatic rings. The number of nitrogens with zero attached hydrogens (tertiary/aromatic N) is 1.